The Balaban J connectivity index is 1.49. The second-order valence-corrected chi connectivity index (χ2v) is 5.85. The van der Waals surface area contributed by atoms with E-state index in [4.69, 9.17) is 9.26 Å². The van der Waals surface area contributed by atoms with Gasteiger partial charge in [0.05, 0.1) is 37.7 Å². The van der Waals surface area contributed by atoms with E-state index in [1.165, 1.54) is 0 Å². The van der Waals surface area contributed by atoms with Gasteiger partial charge in [-0.25, -0.2) is 0 Å². The Labute approximate surface area is 134 Å². The molecule has 1 N–H and O–H groups in total. The molecule has 0 bridgehead atoms. The van der Waals surface area contributed by atoms with Crippen LogP contribution < -0.4 is 5.32 Å². The topological polar surface area (TPSA) is 85.4 Å². The van der Waals surface area contributed by atoms with Gasteiger partial charge in [-0.15, -0.1) is 0 Å². The highest BCUT2D eigenvalue weighted by Gasteiger charge is 2.23. The minimum Gasteiger partial charge on any atom is -0.374 e. The number of anilines is 1. The van der Waals surface area contributed by atoms with Gasteiger partial charge < -0.3 is 9.26 Å². The van der Waals surface area contributed by atoms with Gasteiger partial charge >= 0.3 is 0 Å². The zero-order valence-corrected chi connectivity index (χ0v) is 13.4. The molecule has 2 aromatic heterocycles. The zero-order valence-electron chi connectivity index (χ0n) is 13.4. The molecule has 124 valence electrons. The molecule has 3 heterocycles. The van der Waals surface area contributed by atoms with E-state index in [2.05, 4.69) is 20.5 Å². The van der Waals surface area contributed by atoms with Crippen molar-refractivity contribution in [3.8, 4) is 0 Å². The number of carbonyl (C=O) groups is 1. The summed E-state index contributed by atoms with van der Waals surface area (Å²) in [5, 5.41) is 10.7. The minimum atomic E-state index is -0.114. The summed E-state index contributed by atoms with van der Waals surface area (Å²) in [5.41, 5.74) is 1.86. The highest BCUT2D eigenvalue weighted by Crippen LogP contribution is 2.10. The fourth-order valence-corrected chi connectivity index (χ4v) is 2.61. The van der Waals surface area contributed by atoms with Crippen molar-refractivity contribution in [3.63, 3.8) is 0 Å². The molecular formula is C15H21N5O3. The summed E-state index contributed by atoms with van der Waals surface area (Å²) in [6, 6.07) is 1.69. The summed E-state index contributed by atoms with van der Waals surface area (Å²) < 4.78 is 12.6. The van der Waals surface area contributed by atoms with E-state index >= 15 is 0 Å². The number of ether oxygens (including phenoxy) is 1. The summed E-state index contributed by atoms with van der Waals surface area (Å²) in [6.45, 7) is 6.85. The molecular weight excluding hydrogens is 298 g/mol. The Hall–Kier alpha value is -2.19. The van der Waals surface area contributed by atoms with Gasteiger partial charge in [-0.3, -0.25) is 19.7 Å². The van der Waals surface area contributed by atoms with E-state index in [1.807, 2.05) is 30.9 Å². The third-order valence-electron chi connectivity index (χ3n) is 3.63. The van der Waals surface area contributed by atoms with Gasteiger partial charge in [0.2, 0.25) is 11.8 Å². The molecule has 0 saturated carbocycles. The quantitative estimate of drug-likeness (QED) is 0.878. The first-order valence-corrected chi connectivity index (χ1v) is 7.64. The van der Waals surface area contributed by atoms with Crippen LogP contribution in [0.2, 0.25) is 0 Å². The third kappa shape index (κ3) is 4.40. The first-order chi connectivity index (χ1) is 11.1. The lowest BCUT2D eigenvalue weighted by atomic mass is 10.2. The Morgan fingerprint density at radius 3 is 3.04 bits per heavy atom. The average molecular weight is 319 g/mol. The summed E-state index contributed by atoms with van der Waals surface area (Å²) in [5.74, 6) is 0.265. The van der Waals surface area contributed by atoms with Crippen LogP contribution in [0.25, 0.3) is 0 Å². The number of aryl methyl sites for hydroxylation is 2. The molecule has 8 nitrogen and oxygen atoms in total. The third-order valence-corrected chi connectivity index (χ3v) is 3.63. The van der Waals surface area contributed by atoms with Crippen molar-refractivity contribution in [2.24, 2.45) is 0 Å². The van der Waals surface area contributed by atoms with Crippen LogP contribution in [0.3, 0.4) is 0 Å². The molecule has 23 heavy (non-hydrogen) atoms. The van der Waals surface area contributed by atoms with Gasteiger partial charge in [-0.2, -0.15) is 5.10 Å². The average Bonchev–Trinajstić information content (AvgIpc) is 3.08. The van der Waals surface area contributed by atoms with Crippen LogP contribution in [-0.4, -0.2) is 58.1 Å². The van der Waals surface area contributed by atoms with E-state index in [9.17, 15) is 4.79 Å². The summed E-state index contributed by atoms with van der Waals surface area (Å²) in [4.78, 5) is 14.1. The molecule has 3 rings (SSSR count). The largest absolute Gasteiger partial charge is 0.374 e. The first kappa shape index (κ1) is 15.7. The van der Waals surface area contributed by atoms with E-state index in [0.29, 0.717) is 32.1 Å². The SMILES string of the molecule is Cc1cnn(C[C@@H]2CN(CC(=O)Nc3cc(C)no3)CCO2)c1. The highest BCUT2D eigenvalue weighted by atomic mass is 16.5. The number of hydrogen-bond donors (Lipinski definition) is 1. The maximum absolute atomic E-state index is 12.1. The standard InChI is InChI=1S/C15H21N5O3/c1-11-6-16-20(7-11)9-13-8-19(3-4-22-13)10-14(21)17-15-5-12(2)18-23-15/h5-7,13H,3-4,8-10H2,1-2H3,(H,17,21)/t13-/m0/s1. The van der Waals surface area contributed by atoms with Crippen LogP contribution in [-0.2, 0) is 16.1 Å². The predicted octanol–water partition coefficient (Wildman–Crippen LogP) is 0.827. The molecule has 0 unspecified atom stereocenters. The molecule has 8 heteroatoms. The van der Waals surface area contributed by atoms with Gasteiger partial charge in [-0.1, -0.05) is 5.16 Å². The number of aromatic nitrogens is 3. The molecule has 1 saturated heterocycles. The maximum atomic E-state index is 12.1. The fourth-order valence-electron chi connectivity index (χ4n) is 2.61. The second kappa shape index (κ2) is 6.93. The second-order valence-electron chi connectivity index (χ2n) is 5.85. The van der Waals surface area contributed by atoms with E-state index in [-0.39, 0.29) is 12.0 Å². The molecule has 0 aromatic carbocycles. The van der Waals surface area contributed by atoms with Gasteiger partial charge in [0, 0.05) is 25.4 Å². The lowest BCUT2D eigenvalue weighted by molar-refractivity contribution is -0.119. The van der Waals surface area contributed by atoms with Gasteiger partial charge in [0.15, 0.2) is 0 Å². The van der Waals surface area contributed by atoms with Crippen LogP contribution in [0.5, 0.6) is 0 Å². The number of nitrogens with one attached hydrogen (secondary N) is 1. The van der Waals surface area contributed by atoms with Crippen LogP contribution in [0.4, 0.5) is 5.88 Å². The van der Waals surface area contributed by atoms with Crippen LogP contribution >= 0.6 is 0 Å². The number of rotatable bonds is 5. The lowest BCUT2D eigenvalue weighted by Gasteiger charge is -2.32. The van der Waals surface area contributed by atoms with Crippen molar-refractivity contribution in [1.82, 2.24) is 19.8 Å². The molecule has 1 amide bonds. The fraction of sp³-hybridized carbons (Fsp3) is 0.533. The zero-order chi connectivity index (χ0) is 16.2. The molecule has 1 aliphatic rings. The summed E-state index contributed by atoms with van der Waals surface area (Å²) in [7, 11) is 0. The number of carbonyl (C=O) groups excluding carboxylic acids is 1. The Morgan fingerprint density at radius 2 is 2.35 bits per heavy atom. The Kier molecular flexibility index (Phi) is 4.73. The number of hydrogen-bond acceptors (Lipinski definition) is 6. The van der Waals surface area contributed by atoms with Gasteiger partial charge in [0.25, 0.3) is 0 Å². The van der Waals surface area contributed by atoms with E-state index in [1.54, 1.807) is 6.07 Å². The van der Waals surface area contributed by atoms with Crippen molar-refractivity contribution < 1.29 is 14.1 Å². The van der Waals surface area contributed by atoms with Crippen LogP contribution in [0, 0.1) is 13.8 Å². The molecule has 1 aliphatic heterocycles. The summed E-state index contributed by atoms with van der Waals surface area (Å²) >= 11 is 0. The monoisotopic (exact) mass is 319 g/mol. The number of nitrogens with zero attached hydrogens (tertiary/aromatic N) is 4. The lowest BCUT2D eigenvalue weighted by Crippen LogP contribution is -2.47. The highest BCUT2D eigenvalue weighted by molar-refractivity contribution is 5.90. The van der Waals surface area contributed by atoms with Crippen molar-refractivity contribution in [3.05, 3.63) is 29.7 Å². The van der Waals surface area contributed by atoms with Crippen molar-refractivity contribution in [2.75, 3.05) is 31.6 Å². The molecule has 1 atom stereocenters. The molecule has 2 aromatic rings. The predicted molar refractivity (Wildman–Crippen MR) is 83.0 cm³/mol. The number of amides is 1. The van der Waals surface area contributed by atoms with Gasteiger partial charge in [0.1, 0.15) is 0 Å². The van der Waals surface area contributed by atoms with Gasteiger partial charge in [-0.05, 0) is 19.4 Å². The molecule has 0 spiro atoms. The number of morpholine rings is 1. The van der Waals surface area contributed by atoms with Crippen molar-refractivity contribution in [1.29, 1.82) is 0 Å². The smallest absolute Gasteiger partial charge is 0.240 e. The molecule has 1 fully saturated rings. The van der Waals surface area contributed by atoms with E-state index < -0.39 is 0 Å². The first-order valence-electron chi connectivity index (χ1n) is 7.64. The van der Waals surface area contributed by atoms with E-state index in [0.717, 1.165) is 17.8 Å². The van der Waals surface area contributed by atoms with Crippen molar-refractivity contribution >= 4 is 11.8 Å². The Bertz CT molecular complexity index is 666. The molecule has 0 aliphatic carbocycles. The van der Waals surface area contributed by atoms with Crippen molar-refractivity contribution in [2.45, 2.75) is 26.5 Å². The minimum absolute atomic E-state index is 0.0309. The van der Waals surface area contributed by atoms with Crippen LogP contribution in [0.15, 0.2) is 23.0 Å². The maximum Gasteiger partial charge on any atom is 0.240 e. The Morgan fingerprint density at radius 1 is 1.48 bits per heavy atom. The molecule has 0 radical (unpaired) electrons. The normalized spacial score (nSPS) is 19.0. The summed E-state index contributed by atoms with van der Waals surface area (Å²) in [6.07, 6.45) is 3.85. The van der Waals surface area contributed by atoms with Crippen LogP contribution in [0.1, 0.15) is 11.3 Å².